The number of rotatable bonds is 25. The Morgan fingerprint density at radius 3 is 1.91 bits per heavy atom. The lowest BCUT2D eigenvalue weighted by Crippen LogP contribution is -2.56. The molecule has 0 unspecified atom stereocenters. The second kappa shape index (κ2) is 22.1. The van der Waals surface area contributed by atoms with Crippen LogP contribution in [-0.4, -0.2) is 68.6 Å². The van der Waals surface area contributed by atoms with E-state index in [1.807, 2.05) is 36.4 Å². The van der Waals surface area contributed by atoms with Crippen molar-refractivity contribution in [2.75, 3.05) is 13.7 Å². The molecule has 0 bridgehead atoms. The summed E-state index contributed by atoms with van der Waals surface area (Å²) in [6.45, 7) is 39.7. The molecule has 1 aromatic rings. The van der Waals surface area contributed by atoms with E-state index in [0.717, 1.165) is 35.9 Å². The third-order valence-electron chi connectivity index (χ3n) is 12.3. The van der Waals surface area contributed by atoms with E-state index in [1.165, 1.54) is 6.08 Å². The summed E-state index contributed by atoms with van der Waals surface area (Å²) in [7, 11) is -5.18. The van der Waals surface area contributed by atoms with Crippen molar-refractivity contribution < 1.29 is 32.3 Å². The Morgan fingerprint density at radius 1 is 0.909 bits per heavy atom. The van der Waals surface area contributed by atoms with Crippen molar-refractivity contribution in [2.45, 2.75) is 173 Å². The van der Waals surface area contributed by atoms with Crippen LogP contribution in [-0.2, 0) is 34.2 Å². The van der Waals surface area contributed by atoms with Crippen LogP contribution in [0, 0.1) is 18.3 Å². The Hall–Kier alpha value is -2.24. The van der Waals surface area contributed by atoms with E-state index in [9.17, 15) is 4.79 Å². The first-order valence-corrected chi connectivity index (χ1v) is 28.7. The fourth-order valence-corrected chi connectivity index (χ4v) is 11.3. The van der Waals surface area contributed by atoms with Gasteiger partial charge in [0.25, 0.3) is 0 Å². The number of hydrogen-bond acceptors (Lipinski definition) is 7. The van der Waals surface area contributed by atoms with Crippen LogP contribution in [0.25, 0.3) is 0 Å². The molecule has 7 nitrogen and oxygen atoms in total. The summed E-state index contributed by atoms with van der Waals surface area (Å²) in [6.07, 6.45) is 13.4. The summed E-state index contributed by atoms with van der Waals surface area (Å²) in [4.78, 5) is 12.7. The first-order valence-electron chi connectivity index (χ1n) is 20.4. The van der Waals surface area contributed by atoms with Crippen molar-refractivity contribution in [2.24, 2.45) is 5.92 Å². The van der Waals surface area contributed by atoms with Crippen molar-refractivity contribution in [1.29, 1.82) is 0 Å². The molecule has 0 saturated heterocycles. The zero-order chi connectivity index (χ0) is 42.3. The minimum absolute atomic E-state index is 0.0131. The predicted octanol–water partition coefficient (Wildman–Crippen LogP) is 12.0. The van der Waals surface area contributed by atoms with E-state index >= 15 is 0 Å². The molecule has 0 fully saturated rings. The maximum atomic E-state index is 12.7. The summed E-state index contributed by atoms with van der Waals surface area (Å²) in [5, 5.41) is -0.0396. The van der Waals surface area contributed by atoms with Gasteiger partial charge in [0.2, 0.25) is 0 Å². The number of ether oxygens (including phenoxy) is 3. The lowest BCUT2D eigenvalue weighted by atomic mass is 9.87. The van der Waals surface area contributed by atoms with Crippen molar-refractivity contribution in [1.82, 2.24) is 0 Å². The van der Waals surface area contributed by atoms with Crippen molar-refractivity contribution in [3.8, 4) is 18.1 Å². The van der Waals surface area contributed by atoms with E-state index < -0.39 is 54.8 Å². The predicted molar refractivity (Wildman–Crippen MR) is 239 cm³/mol. The summed E-state index contributed by atoms with van der Waals surface area (Å²) < 4.78 is 40.2. The smallest absolute Gasteiger partial charge is 0.330 e. The van der Waals surface area contributed by atoms with Gasteiger partial charge in [0.15, 0.2) is 25.0 Å². The van der Waals surface area contributed by atoms with Crippen LogP contribution < -0.4 is 4.74 Å². The molecule has 55 heavy (non-hydrogen) atoms. The van der Waals surface area contributed by atoms with Crippen LogP contribution >= 0.6 is 0 Å². The lowest BCUT2D eigenvalue weighted by Gasteiger charge is -2.47. The summed E-state index contributed by atoms with van der Waals surface area (Å²) in [5.41, 5.74) is -0.0305. The van der Waals surface area contributed by atoms with Gasteiger partial charge in [0.05, 0.1) is 19.8 Å². The third-order valence-corrected chi connectivity index (χ3v) is 26.0. The molecule has 0 amide bonds. The molecule has 0 radical (unpaired) electrons. The lowest BCUT2D eigenvalue weighted by molar-refractivity contribution is -0.142. The van der Waals surface area contributed by atoms with Gasteiger partial charge in [-0.2, -0.15) is 0 Å². The van der Waals surface area contributed by atoms with Gasteiger partial charge in [0, 0.05) is 31.4 Å². The fraction of sp³-hybridized carbons (Fsp3) is 0.667. The normalized spacial score (nSPS) is 16.4. The quantitative estimate of drug-likeness (QED) is 0.0320. The van der Waals surface area contributed by atoms with Gasteiger partial charge in [-0.1, -0.05) is 106 Å². The van der Waals surface area contributed by atoms with E-state index in [4.69, 9.17) is 33.9 Å². The molecule has 0 spiro atoms. The highest BCUT2D eigenvalue weighted by molar-refractivity contribution is 6.74. The topological polar surface area (TPSA) is 72.5 Å². The van der Waals surface area contributed by atoms with Gasteiger partial charge in [-0.25, -0.2) is 4.79 Å². The number of methoxy groups -OCH3 is 1. The Labute approximate surface area is 340 Å². The molecule has 1 aromatic carbocycles. The highest BCUT2D eigenvalue weighted by Crippen LogP contribution is 2.42. The van der Waals surface area contributed by atoms with Crippen molar-refractivity contribution in [3.63, 3.8) is 0 Å². The first kappa shape index (κ1) is 50.8. The standard InChI is InChI=1S/C45H78O7Si3/c1-19-37(20-2)40(50-42(46)22-4)30-31-45(52-55(23-5,24-6)25-7,32-33-49-53(15,16)43(8,9)10)41(48-35-36-26-28-39(47-14)29-27-36)34-38(21-3)51-54(17,18)44(11,12)13/h3,19,22,26-31,37-38,40-41H,1,4,20,23-25,32-35H2,2,5-18H3/b31-30+/t37-,38+,40+,41-,45+/m1/s1. The Kier molecular flexibility index (Phi) is 20.4. The largest absolute Gasteiger partial charge is 0.497 e. The third kappa shape index (κ3) is 14.9. The van der Waals surface area contributed by atoms with Crippen molar-refractivity contribution in [3.05, 3.63) is 67.3 Å². The molecule has 5 atom stereocenters. The fourth-order valence-electron chi connectivity index (χ4n) is 6.00. The molecule has 0 saturated carbocycles. The second-order valence-corrected chi connectivity index (χ2v) is 32.1. The van der Waals surface area contributed by atoms with E-state index in [0.29, 0.717) is 26.1 Å². The van der Waals surface area contributed by atoms with Crippen LogP contribution in [0.4, 0.5) is 0 Å². The van der Waals surface area contributed by atoms with Crippen LogP contribution in [0.2, 0.25) is 54.4 Å². The van der Waals surface area contributed by atoms with Crippen molar-refractivity contribution >= 4 is 30.9 Å². The number of carbonyl (C=O) groups excluding carboxylic acids is 1. The monoisotopic (exact) mass is 815 g/mol. The minimum atomic E-state index is -2.38. The van der Waals surface area contributed by atoms with Gasteiger partial charge in [-0.15, -0.1) is 13.0 Å². The first-order chi connectivity index (χ1) is 25.5. The summed E-state index contributed by atoms with van der Waals surface area (Å²) in [5.74, 6) is 3.16. The Morgan fingerprint density at radius 2 is 1.47 bits per heavy atom. The molecule has 0 heterocycles. The number of hydrogen-bond donors (Lipinski definition) is 0. The molecule has 312 valence electrons. The van der Waals surface area contributed by atoms with Gasteiger partial charge in [-0.05, 0) is 84.6 Å². The highest BCUT2D eigenvalue weighted by Gasteiger charge is 2.48. The average molecular weight is 815 g/mol. The van der Waals surface area contributed by atoms with E-state index in [1.54, 1.807) is 7.11 Å². The van der Waals surface area contributed by atoms with Gasteiger partial charge in [0.1, 0.15) is 23.6 Å². The number of esters is 1. The molecule has 1 rings (SSSR count). The average Bonchev–Trinajstić information content (AvgIpc) is 3.13. The molecule has 0 N–H and O–H groups in total. The van der Waals surface area contributed by atoms with E-state index in [-0.39, 0.29) is 16.0 Å². The zero-order valence-electron chi connectivity index (χ0n) is 37.4. The molecule has 0 aliphatic heterocycles. The van der Waals surface area contributed by atoms with Crippen LogP contribution in [0.3, 0.4) is 0 Å². The maximum absolute atomic E-state index is 12.7. The minimum Gasteiger partial charge on any atom is -0.497 e. The SMILES string of the molecule is C#C[C@@H](C[C@@H](OCc1ccc(OC)cc1)[C@](/C=C/[C@H](OC(=O)C=C)[C@H](C=C)CC)(CCO[Si](C)(C)C(C)(C)C)O[Si](CC)(CC)CC)O[Si](C)(C)C(C)(C)C. The highest BCUT2D eigenvalue weighted by atomic mass is 28.4. The Bertz CT molecular complexity index is 1390. The van der Waals surface area contributed by atoms with Gasteiger partial charge < -0.3 is 27.5 Å². The molecular weight excluding hydrogens is 737 g/mol. The van der Waals surface area contributed by atoms with Gasteiger partial charge >= 0.3 is 5.97 Å². The maximum Gasteiger partial charge on any atom is 0.330 e. The van der Waals surface area contributed by atoms with Crippen LogP contribution in [0.5, 0.6) is 5.75 Å². The molecule has 0 aliphatic rings. The number of terminal acetylenes is 1. The van der Waals surface area contributed by atoms with Crippen LogP contribution in [0.15, 0.2) is 61.7 Å². The zero-order valence-corrected chi connectivity index (χ0v) is 40.4. The summed E-state index contributed by atoms with van der Waals surface area (Å²) >= 11 is 0. The number of benzene rings is 1. The second-order valence-electron chi connectivity index (χ2n) is 17.8. The van der Waals surface area contributed by atoms with Crippen LogP contribution in [0.1, 0.15) is 94.1 Å². The van der Waals surface area contributed by atoms with Gasteiger partial charge in [-0.3, -0.25) is 0 Å². The van der Waals surface area contributed by atoms with E-state index in [2.05, 4.69) is 121 Å². The number of carbonyl (C=O) groups is 1. The Balaban J connectivity index is 4.26. The summed E-state index contributed by atoms with van der Waals surface area (Å²) in [6, 6.07) is 10.7. The molecule has 10 heteroatoms. The molecule has 0 aliphatic carbocycles. The molecular formula is C45H78O7Si3. The molecule has 0 aromatic heterocycles.